The molecule has 3 rings (SSSR count). The Balaban J connectivity index is 1.67. The summed E-state index contributed by atoms with van der Waals surface area (Å²) in [7, 11) is 1.74. The Hall–Kier alpha value is -2.28. The number of epoxide rings is 1. The highest BCUT2D eigenvalue weighted by Gasteiger charge is 2.47. The zero-order valence-corrected chi connectivity index (χ0v) is 29.5. The molecule has 0 radical (unpaired) electrons. The number of rotatable bonds is 12. The van der Waals surface area contributed by atoms with Crippen LogP contribution in [0.4, 0.5) is 4.79 Å². The van der Waals surface area contributed by atoms with E-state index in [2.05, 4.69) is 4.90 Å². The normalized spacial score (nSPS) is 32.4. The lowest BCUT2D eigenvalue weighted by Gasteiger charge is -2.30. The highest BCUT2D eigenvalue weighted by atomic mass is 16.6. The van der Waals surface area contributed by atoms with E-state index in [1.807, 2.05) is 52.8 Å². The molecule has 2 saturated heterocycles. The van der Waals surface area contributed by atoms with Crippen molar-refractivity contribution in [1.82, 2.24) is 9.80 Å². The molecule has 1 amide bonds. The molecular formula is C36H60N2O9. The maximum absolute atomic E-state index is 13.1. The van der Waals surface area contributed by atoms with Crippen LogP contribution in [0.5, 0.6) is 0 Å². The van der Waals surface area contributed by atoms with Crippen molar-refractivity contribution in [2.75, 3.05) is 46.4 Å². The van der Waals surface area contributed by atoms with Crippen LogP contribution in [0.25, 0.3) is 0 Å². The number of hydrogen-bond acceptors (Lipinski definition) is 10. The number of cyclic esters (lactones) is 1. The third kappa shape index (κ3) is 12.9. The highest BCUT2D eigenvalue weighted by molar-refractivity contribution is 5.70. The first-order valence-electron chi connectivity index (χ1n) is 17.4. The fourth-order valence-corrected chi connectivity index (χ4v) is 6.21. The van der Waals surface area contributed by atoms with Crippen LogP contribution in [-0.2, 0) is 23.7 Å². The predicted octanol–water partition coefficient (Wildman–Crippen LogP) is 3.86. The number of esters is 1. The highest BCUT2D eigenvalue weighted by Crippen LogP contribution is 2.37. The quantitative estimate of drug-likeness (QED) is 0.122. The lowest BCUT2D eigenvalue weighted by molar-refractivity contribution is -0.151. The molecule has 3 aliphatic rings. The lowest BCUT2D eigenvalue weighted by Crippen LogP contribution is -2.42. The van der Waals surface area contributed by atoms with Crippen LogP contribution in [0.2, 0.25) is 0 Å². The van der Waals surface area contributed by atoms with Gasteiger partial charge in [-0.05, 0) is 50.7 Å². The number of likely N-dealkylation sites (N-methyl/N-ethyl adjacent to an activating group) is 1. The van der Waals surface area contributed by atoms with Crippen molar-refractivity contribution in [3.05, 3.63) is 36.0 Å². The number of allylic oxidation sites excluding steroid dienone is 2. The first kappa shape index (κ1) is 39.2. The van der Waals surface area contributed by atoms with Crippen LogP contribution in [0.3, 0.4) is 0 Å². The SMILES string of the molecule is CCC(O)C(C)C1OC1CC(C)(O)C=CC=C(C)C1OC(=O)CC(O)CCC(C)C(OC(=O)N(C)CCN2CCOCC2)C=CC1C. The Morgan fingerprint density at radius 1 is 1.23 bits per heavy atom. The fraction of sp³-hybridized carbons (Fsp3) is 0.778. The Kier molecular flexibility index (Phi) is 15.4. The number of aliphatic hydroxyl groups excluding tert-OH is 2. The molecule has 268 valence electrons. The first-order valence-corrected chi connectivity index (χ1v) is 17.4. The van der Waals surface area contributed by atoms with Crippen LogP contribution in [0.15, 0.2) is 36.0 Å². The van der Waals surface area contributed by atoms with E-state index in [9.17, 15) is 24.9 Å². The summed E-state index contributed by atoms with van der Waals surface area (Å²) >= 11 is 0. The fourth-order valence-electron chi connectivity index (χ4n) is 6.21. The molecule has 0 bridgehead atoms. The number of carbonyl (C=O) groups is 2. The smallest absolute Gasteiger partial charge is 0.410 e. The molecule has 0 spiro atoms. The second-order valence-electron chi connectivity index (χ2n) is 14.1. The summed E-state index contributed by atoms with van der Waals surface area (Å²) in [5.74, 6) is -0.822. The summed E-state index contributed by atoms with van der Waals surface area (Å²) in [5, 5.41) is 31.7. The molecule has 3 aliphatic heterocycles. The minimum absolute atomic E-state index is 0.00290. The second kappa shape index (κ2) is 18.5. The number of ether oxygens (including phenoxy) is 4. The van der Waals surface area contributed by atoms with Crippen LogP contribution < -0.4 is 0 Å². The van der Waals surface area contributed by atoms with Gasteiger partial charge in [0.05, 0.1) is 49.7 Å². The topological polar surface area (TPSA) is 142 Å². The number of carbonyl (C=O) groups excluding carboxylic acids is 2. The molecule has 11 heteroatoms. The van der Waals surface area contributed by atoms with E-state index in [1.54, 1.807) is 31.0 Å². The van der Waals surface area contributed by atoms with Crippen molar-refractivity contribution in [1.29, 1.82) is 0 Å². The molecule has 11 nitrogen and oxygen atoms in total. The van der Waals surface area contributed by atoms with Crippen molar-refractivity contribution in [3.63, 3.8) is 0 Å². The summed E-state index contributed by atoms with van der Waals surface area (Å²) in [6.07, 6.45) is 7.90. The molecule has 10 atom stereocenters. The monoisotopic (exact) mass is 664 g/mol. The Labute approximate surface area is 281 Å². The number of morpholine rings is 1. The van der Waals surface area contributed by atoms with Gasteiger partial charge in [0.15, 0.2) is 0 Å². The van der Waals surface area contributed by atoms with Crippen molar-refractivity contribution >= 4 is 12.1 Å². The van der Waals surface area contributed by atoms with Gasteiger partial charge in [-0.15, -0.1) is 0 Å². The summed E-state index contributed by atoms with van der Waals surface area (Å²) < 4.78 is 23.0. The van der Waals surface area contributed by atoms with Gasteiger partial charge in [-0.2, -0.15) is 0 Å². The van der Waals surface area contributed by atoms with E-state index >= 15 is 0 Å². The van der Waals surface area contributed by atoms with Gasteiger partial charge in [0.1, 0.15) is 12.2 Å². The molecule has 47 heavy (non-hydrogen) atoms. The number of amides is 1. The van der Waals surface area contributed by atoms with Gasteiger partial charge in [-0.25, -0.2) is 4.79 Å². The summed E-state index contributed by atoms with van der Waals surface area (Å²) in [4.78, 5) is 29.8. The third-order valence-electron chi connectivity index (χ3n) is 9.71. The Bertz CT molecular complexity index is 1090. The zero-order valence-electron chi connectivity index (χ0n) is 29.5. The molecule has 10 unspecified atom stereocenters. The zero-order chi connectivity index (χ0) is 34.7. The first-order chi connectivity index (χ1) is 22.2. The van der Waals surface area contributed by atoms with E-state index in [0.717, 1.165) is 25.2 Å². The Morgan fingerprint density at radius 3 is 2.62 bits per heavy atom. The largest absolute Gasteiger partial charge is 0.457 e. The molecule has 3 heterocycles. The minimum atomic E-state index is -1.13. The molecule has 3 N–H and O–H groups in total. The van der Waals surface area contributed by atoms with Crippen LogP contribution in [0, 0.1) is 17.8 Å². The van der Waals surface area contributed by atoms with E-state index < -0.39 is 42.1 Å². The summed E-state index contributed by atoms with van der Waals surface area (Å²) in [5.41, 5.74) is -0.368. The van der Waals surface area contributed by atoms with Crippen LogP contribution in [-0.4, -0.2) is 126 Å². The molecule has 0 aliphatic carbocycles. The van der Waals surface area contributed by atoms with Crippen LogP contribution >= 0.6 is 0 Å². The van der Waals surface area contributed by atoms with E-state index in [0.29, 0.717) is 45.4 Å². The van der Waals surface area contributed by atoms with Gasteiger partial charge in [-0.3, -0.25) is 9.69 Å². The summed E-state index contributed by atoms with van der Waals surface area (Å²) in [6.45, 7) is 15.8. The average molecular weight is 665 g/mol. The van der Waals surface area contributed by atoms with Crippen molar-refractivity contribution in [3.8, 4) is 0 Å². The van der Waals surface area contributed by atoms with Crippen molar-refractivity contribution in [2.45, 2.75) is 116 Å². The van der Waals surface area contributed by atoms with Crippen molar-refractivity contribution < 1.29 is 43.9 Å². The standard InChI is InChI=1S/C36H60N2O9/c1-8-29(40)27(5)34-31(45-34)23-36(6,43)15-9-10-25(3)33-26(4)12-14-30(24(2)11-13-28(39)22-32(41)47-33)46-35(42)37(7)16-17-38-18-20-44-21-19-38/h9-10,12,14-15,24,26-31,33-34,39-40,43H,8,11,13,16-23H2,1-7H3. The van der Waals surface area contributed by atoms with Gasteiger partial charge in [-0.1, -0.05) is 52.0 Å². The minimum Gasteiger partial charge on any atom is -0.457 e. The molecule has 0 aromatic heterocycles. The van der Waals surface area contributed by atoms with Gasteiger partial charge < -0.3 is 39.2 Å². The van der Waals surface area contributed by atoms with Crippen molar-refractivity contribution in [2.24, 2.45) is 17.8 Å². The third-order valence-corrected chi connectivity index (χ3v) is 9.71. The van der Waals surface area contributed by atoms with Gasteiger partial charge >= 0.3 is 12.1 Å². The Morgan fingerprint density at radius 2 is 1.94 bits per heavy atom. The van der Waals surface area contributed by atoms with Gasteiger partial charge in [0.2, 0.25) is 0 Å². The van der Waals surface area contributed by atoms with Gasteiger partial charge in [0, 0.05) is 51.5 Å². The maximum atomic E-state index is 13.1. The predicted molar refractivity (Wildman–Crippen MR) is 180 cm³/mol. The number of nitrogens with zero attached hydrogens (tertiary/aromatic N) is 2. The van der Waals surface area contributed by atoms with E-state index in [-0.39, 0.29) is 36.4 Å². The van der Waals surface area contributed by atoms with E-state index in [4.69, 9.17) is 18.9 Å². The molecule has 0 saturated carbocycles. The number of hydrogen-bond donors (Lipinski definition) is 3. The maximum Gasteiger partial charge on any atom is 0.410 e. The molecule has 2 fully saturated rings. The molecule has 0 aromatic rings. The lowest BCUT2D eigenvalue weighted by atomic mass is 9.91. The van der Waals surface area contributed by atoms with E-state index in [1.165, 1.54) is 0 Å². The molecule has 0 aromatic carbocycles. The second-order valence-corrected chi connectivity index (χ2v) is 14.1. The van der Waals surface area contributed by atoms with Gasteiger partial charge in [0.25, 0.3) is 0 Å². The average Bonchev–Trinajstić information content (AvgIpc) is 3.79. The summed E-state index contributed by atoms with van der Waals surface area (Å²) in [6, 6.07) is 0. The molecular weight excluding hydrogens is 604 g/mol. The van der Waals surface area contributed by atoms with Crippen LogP contribution in [0.1, 0.15) is 73.6 Å². The number of aliphatic hydroxyl groups is 3.